The second kappa shape index (κ2) is 6.36. The molecule has 56 valence electrons. The standard InChI is InChI=1S/C7H9ClO2/c1-2-10-7(9)5-3-4-6-8/h3-6H,2H2,1H3/b5-3-,6-4+. The van der Waals surface area contributed by atoms with Gasteiger partial charge in [-0.1, -0.05) is 23.8 Å². The Morgan fingerprint density at radius 3 is 2.80 bits per heavy atom. The molecule has 10 heavy (non-hydrogen) atoms. The molecule has 0 aliphatic rings. The number of allylic oxidation sites excluding steroid dienone is 2. The summed E-state index contributed by atoms with van der Waals surface area (Å²) in [7, 11) is 0. The molecule has 0 aromatic heterocycles. The van der Waals surface area contributed by atoms with Crippen molar-refractivity contribution >= 4 is 17.6 Å². The van der Waals surface area contributed by atoms with Crippen LogP contribution in [-0.4, -0.2) is 12.6 Å². The summed E-state index contributed by atoms with van der Waals surface area (Å²) < 4.78 is 4.59. The highest BCUT2D eigenvalue weighted by molar-refractivity contribution is 6.25. The third kappa shape index (κ3) is 5.38. The van der Waals surface area contributed by atoms with Gasteiger partial charge in [-0.05, 0) is 6.92 Å². The number of hydrogen-bond acceptors (Lipinski definition) is 2. The van der Waals surface area contributed by atoms with Crippen molar-refractivity contribution in [2.24, 2.45) is 0 Å². The molecule has 0 unspecified atom stereocenters. The Morgan fingerprint density at radius 2 is 2.30 bits per heavy atom. The minimum absolute atomic E-state index is 0.350. The van der Waals surface area contributed by atoms with E-state index in [4.69, 9.17) is 11.6 Å². The number of esters is 1. The molecule has 0 saturated heterocycles. The number of carbonyl (C=O) groups excluding carboxylic acids is 1. The van der Waals surface area contributed by atoms with Crippen molar-refractivity contribution in [3.63, 3.8) is 0 Å². The van der Waals surface area contributed by atoms with Crippen molar-refractivity contribution in [2.75, 3.05) is 6.61 Å². The van der Waals surface area contributed by atoms with Gasteiger partial charge in [0.05, 0.1) is 6.61 Å². The van der Waals surface area contributed by atoms with Crippen molar-refractivity contribution in [1.29, 1.82) is 0 Å². The van der Waals surface area contributed by atoms with E-state index in [0.29, 0.717) is 6.61 Å². The van der Waals surface area contributed by atoms with Crippen LogP contribution in [0.25, 0.3) is 0 Å². The van der Waals surface area contributed by atoms with Gasteiger partial charge in [0.1, 0.15) is 0 Å². The SMILES string of the molecule is CCOC(=O)/C=C\C=C\Cl. The zero-order chi connectivity index (χ0) is 7.82. The van der Waals surface area contributed by atoms with E-state index < -0.39 is 0 Å². The van der Waals surface area contributed by atoms with E-state index in [1.54, 1.807) is 13.0 Å². The van der Waals surface area contributed by atoms with E-state index in [2.05, 4.69) is 4.74 Å². The lowest BCUT2D eigenvalue weighted by Gasteiger charge is -1.92. The molecule has 0 rings (SSSR count). The van der Waals surface area contributed by atoms with Gasteiger partial charge in [0.2, 0.25) is 0 Å². The molecule has 0 aliphatic heterocycles. The fraction of sp³-hybridized carbons (Fsp3) is 0.286. The second-order valence-corrected chi connectivity index (χ2v) is 1.68. The van der Waals surface area contributed by atoms with Crippen molar-refractivity contribution < 1.29 is 9.53 Å². The van der Waals surface area contributed by atoms with E-state index in [0.717, 1.165) is 0 Å². The van der Waals surface area contributed by atoms with E-state index >= 15 is 0 Å². The summed E-state index contributed by atoms with van der Waals surface area (Å²) in [6.45, 7) is 2.15. The molecular weight excluding hydrogens is 152 g/mol. The first-order valence-electron chi connectivity index (χ1n) is 2.91. The van der Waals surface area contributed by atoms with Crippen LogP contribution in [0.15, 0.2) is 23.8 Å². The molecule has 0 amide bonds. The minimum atomic E-state index is -0.350. The van der Waals surface area contributed by atoms with Crippen LogP contribution in [0.2, 0.25) is 0 Å². The number of halogens is 1. The lowest BCUT2D eigenvalue weighted by atomic mass is 10.5. The average Bonchev–Trinajstić information content (AvgIpc) is 1.89. The zero-order valence-electron chi connectivity index (χ0n) is 5.71. The number of carbonyl (C=O) groups is 1. The minimum Gasteiger partial charge on any atom is -0.463 e. The molecule has 0 atom stereocenters. The molecule has 0 aliphatic carbocycles. The fourth-order valence-electron chi connectivity index (χ4n) is 0.366. The summed E-state index contributed by atoms with van der Waals surface area (Å²) in [6, 6.07) is 0. The highest BCUT2D eigenvalue weighted by Crippen LogP contribution is 1.84. The maximum absolute atomic E-state index is 10.5. The summed E-state index contributed by atoms with van der Waals surface area (Å²) in [6.07, 6.45) is 4.37. The normalized spacial score (nSPS) is 11.0. The first-order valence-corrected chi connectivity index (χ1v) is 3.35. The molecule has 0 fully saturated rings. The Labute approximate surface area is 65.1 Å². The molecule has 0 N–H and O–H groups in total. The Hall–Kier alpha value is -0.760. The van der Waals surface area contributed by atoms with Gasteiger partial charge in [-0.2, -0.15) is 0 Å². The third-order valence-electron chi connectivity index (χ3n) is 0.703. The summed E-state index contributed by atoms with van der Waals surface area (Å²) in [5.74, 6) is -0.350. The second-order valence-electron chi connectivity index (χ2n) is 1.43. The largest absolute Gasteiger partial charge is 0.463 e. The van der Waals surface area contributed by atoms with Crippen LogP contribution in [-0.2, 0) is 9.53 Å². The molecule has 3 heteroatoms. The maximum atomic E-state index is 10.5. The highest BCUT2D eigenvalue weighted by Gasteiger charge is 1.89. The highest BCUT2D eigenvalue weighted by atomic mass is 35.5. The molecule has 2 nitrogen and oxygen atoms in total. The van der Waals surface area contributed by atoms with Gasteiger partial charge >= 0.3 is 5.97 Å². The van der Waals surface area contributed by atoms with E-state index in [1.165, 1.54) is 17.7 Å². The Kier molecular flexibility index (Phi) is 5.88. The van der Waals surface area contributed by atoms with Gasteiger partial charge in [0.15, 0.2) is 0 Å². The molecule has 0 spiro atoms. The number of hydrogen-bond donors (Lipinski definition) is 0. The fourth-order valence-corrected chi connectivity index (χ4v) is 0.450. The van der Waals surface area contributed by atoms with Crippen LogP contribution in [0.1, 0.15) is 6.92 Å². The van der Waals surface area contributed by atoms with Crippen LogP contribution in [0.3, 0.4) is 0 Å². The van der Waals surface area contributed by atoms with Crippen LogP contribution >= 0.6 is 11.6 Å². The third-order valence-corrected chi connectivity index (χ3v) is 0.848. The van der Waals surface area contributed by atoms with Crippen molar-refractivity contribution in [3.05, 3.63) is 23.8 Å². The predicted molar refractivity (Wildman–Crippen MR) is 40.8 cm³/mol. The number of rotatable bonds is 3. The van der Waals surface area contributed by atoms with Crippen molar-refractivity contribution in [3.8, 4) is 0 Å². The Bertz CT molecular complexity index is 150. The van der Waals surface area contributed by atoms with Gasteiger partial charge in [0.25, 0.3) is 0 Å². The summed E-state index contributed by atoms with van der Waals surface area (Å²) in [4.78, 5) is 10.5. The topological polar surface area (TPSA) is 26.3 Å². The Morgan fingerprint density at radius 1 is 1.60 bits per heavy atom. The lowest BCUT2D eigenvalue weighted by molar-refractivity contribution is -0.137. The van der Waals surface area contributed by atoms with E-state index in [1.807, 2.05) is 0 Å². The van der Waals surface area contributed by atoms with Crippen LogP contribution in [0, 0.1) is 0 Å². The smallest absolute Gasteiger partial charge is 0.330 e. The molecular formula is C7H9ClO2. The molecule has 0 radical (unpaired) electrons. The van der Waals surface area contributed by atoms with Crippen molar-refractivity contribution in [2.45, 2.75) is 6.92 Å². The van der Waals surface area contributed by atoms with Crippen molar-refractivity contribution in [1.82, 2.24) is 0 Å². The quantitative estimate of drug-likeness (QED) is 0.358. The van der Waals surface area contributed by atoms with Crippen LogP contribution in [0.5, 0.6) is 0 Å². The van der Waals surface area contributed by atoms with Gasteiger partial charge in [-0.15, -0.1) is 0 Å². The Balaban J connectivity index is 3.56. The molecule has 0 bridgehead atoms. The molecule has 0 aromatic carbocycles. The molecule has 0 heterocycles. The van der Waals surface area contributed by atoms with Crippen LogP contribution < -0.4 is 0 Å². The zero-order valence-corrected chi connectivity index (χ0v) is 6.47. The number of ether oxygens (including phenoxy) is 1. The lowest BCUT2D eigenvalue weighted by Crippen LogP contribution is -1.98. The van der Waals surface area contributed by atoms with Gasteiger partial charge in [0, 0.05) is 11.6 Å². The van der Waals surface area contributed by atoms with Gasteiger partial charge in [-0.25, -0.2) is 4.79 Å². The summed E-state index contributed by atoms with van der Waals surface area (Å²) in [5.41, 5.74) is 1.32. The summed E-state index contributed by atoms with van der Waals surface area (Å²) >= 11 is 5.18. The molecule has 0 saturated carbocycles. The maximum Gasteiger partial charge on any atom is 0.330 e. The monoisotopic (exact) mass is 160 g/mol. The van der Waals surface area contributed by atoms with E-state index in [9.17, 15) is 4.79 Å². The van der Waals surface area contributed by atoms with E-state index in [-0.39, 0.29) is 5.97 Å². The first kappa shape index (κ1) is 9.24. The van der Waals surface area contributed by atoms with Gasteiger partial charge in [-0.3, -0.25) is 0 Å². The average molecular weight is 161 g/mol. The summed E-state index contributed by atoms with van der Waals surface area (Å²) in [5, 5.41) is 0. The van der Waals surface area contributed by atoms with Crippen LogP contribution in [0.4, 0.5) is 0 Å². The predicted octanol–water partition coefficient (Wildman–Crippen LogP) is 1.86. The molecule has 0 aromatic rings. The first-order chi connectivity index (χ1) is 4.81. The van der Waals surface area contributed by atoms with Gasteiger partial charge < -0.3 is 4.74 Å².